The molecule has 17 nitrogen and oxygen atoms in total. The summed E-state index contributed by atoms with van der Waals surface area (Å²) in [5.74, 6) is -1.16. The van der Waals surface area contributed by atoms with Crippen LogP contribution in [0.15, 0.2) is 24.3 Å². The van der Waals surface area contributed by atoms with Crippen LogP contribution >= 0.6 is 0 Å². The summed E-state index contributed by atoms with van der Waals surface area (Å²) in [6.07, 6.45) is -9.62. The molecule has 2 aromatic carbocycles. The third-order valence-corrected chi connectivity index (χ3v) is 10.5. The molecule has 0 spiro atoms. The Bertz CT molecular complexity index is 1660. The third-order valence-electron chi connectivity index (χ3n) is 10.5. The number of fused-ring (bicyclic) bond motifs is 4. The van der Waals surface area contributed by atoms with E-state index < -0.39 is 85.2 Å². The SMILES string of the molecule is COc1cc(C2c3cc4c(cc3C(OC3OC5COC(C)OC5C(O)C3O)C3COC(O)C23)OCO4)cc(OC)c1OC(=O)OCC1COC(C)(C)O1. The minimum absolute atomic E-state index is 0.00653. The molecule has 1 aliphatic carbocycles. The van der Waals surface area contributed by atoms with Gasteiger partial charge < -0.3 is 76.9 Å². The van der Waals surface area contributed by atoms with E-state index in [2.05, 4.69) is 0 Å². The molecule has 0 saturated carbocycles. The van der Waals surface area contributed by atoms with Gasteiger partial charge in [0.15, 0.2) is 47.7 Å². The first-order valence-electron chi connectivity index (χ1n) is 17.5. The van der Waals surface area contributed by atoms with Crippen molar-refractivity contribution >= 4 is 6.16 Å². The lowest BCUT2D eigenvalue weighted by Crippen LogP contribution is -2.63. The first-order chi connectivity index (χ1) is 25.4. The lowest BCUT2D eigenvalue weighted by Gasteiger charge is -2.48. The number of methoxy groups -OCH3 is 2. The zero-order valence-corrected chi connectivity index (χ0v) is 29.8. The minimum Gasteiger partial charge on any atom is -0.493 e. The average Bonchev–Trinajstić information content (AvgIpc) is 3.86. The highest BCUT2D eigenvalue weighted by atomic mass is 16.8. The summed E-state index contributed by atoms with van der Waals surface area (Å²) < 4.78 is 75.0. The first-order valence-corrected chi connectivity index (χ1v) is 17.5. The van der Waals surface area contributed by atoms with Gasteiger partial charge >= 0.3 is 6.16 Å². The van der Waals surface area contributed by atoms with Gasteiger partial charge in [-0.2, -0.15) is 0 Å². The van der Waals surface area contributed by atoms with Crippen molar-refractivity contribution in [2.45, 2.75) is 88.0 Å². The number of rotatable bonds is 8. The van der Waals surface area contributed by atoms with E-state index in [0.29, 0.717) is 28.2 Å². The van der Waals surface area contributed by atoms with Gasteiger partial charge in [-0.05, 0) is 61.7 Å². The van der Waals surface area contributed by atoms with E-state index in [1.165, 1.54) is 14.2 Å². The van der Waals surface area contributed by atoms with Crippen LogP contribution in [0.5, 0.6) is 28.7 Å². The predicted molar refractivity (Wildman–Crippen MR) is 175 cm³/mol. The van der Waals surface area contributed by atoms with E-state index in [4.69, 9.17) is 61.6 Å². The predicted octanol–water partition coefficient (Wildman–Crippen LogP) is 2.09. The normalized spacial score (nSPS) is 36.6. The van der Waals surface area contributed by atoms with Gasteiger partial charge in [0.1, 0.15) is 37.1 Å². The van der Waals surface area contributed by atoms with E-state index in [0.717, 1.165) is 0 Å². The fourth-order valence-electron chi connectivity index (χ4n) is 8.10. The third kappa shape index (κ3) is 6.77. The Morgan fingerprint density at radius 3 is 2.30 bits per heavy atom. The Morgan fingerprint density at radius 1 is 0.906 bits per heavy atom. The first kappa shape index (κ1) is 36.5. The lowest BCUT2D eigenvalue weighted by molar-refractivity contribution is -0.364. The Morgan fingerprint density at radius 2 is 1.62 bits per heavy atom. The van der Waals surface area contributed by atoms with Gasteiger partial charge in [-0.25, -0.2) is 4.79 Å². The van der Waals surface area contributed by atoms with E-state index in [-0.39, 0.29) is 50.5 Å². The molecule has 0 amide bonds. The molecule has 17 heteroatoms. The molecule has 5 heterocycles. The number of carbonyl (C=O) groups excluding carboxylic acids is 1. The standard InChI is InChI=1S/C36H44O17/c1-15-43-13-25-32(49-15)28(37)29(38)34(50-25)51-30-19-9-22-21(46-14-47-22)8-18(19)26(27-20(30)12-44-33(27)39)16-6-23(41-4)31(24(7-16)42-5)52-35(40)45-10-17-11-48-36(2,3)53-17/h6-9,15,17,20,25-30,32-34,37-39H,10-14H2,1-5H3. The van der Waals surface area contributed by atoms with Crippen LogP contribution in [0.25, 0.3) is 0 Å². The van der Waals surface area contributed by atoms with Crippen molar-refractivity contribution in [1.82, 2.24) is 0 Å². The summed E-state index contributed by atoms with van der Waals surface area (Å²) in [6.45, 7) is 5.64. The van der Waals surface area contributed by atoms with Crippen molar-refractivity contribution in [2.75, 3.05) is 47.4 Å². The summed E-state index contributed by atoms with van der Waals surface area (Å²) in [4.78, 5) is 12.9. The van der Waals surface area contributed by atoms with Gasteiger partial charge in [-0.3, -0.25) is 0 Å². The smallest absolute Gasteiger partial charge is 0.493 e. The van der Waals surface area contributed by atoms with Gasteiger partial charge in [0.25, 0.3) is 0 Å². The van der Waals surface area contributed by atoms with Crippen LogP contribution in [-0.2, 0) is 37.9 Å². The highest BCUT2D eigenvalue weighted by Gasteiger charge is 2.55. The number of aliphatic hydroxyl groups is 3. The number of ether oxygens (including phenoxy) is 13. The maximum atomic E-state index is 12.9. The molecule has 0 bridgehead atoms. The van der Waals surface area contributed by atoms with Crippen LogP contribution in [0, 0.1) is 11.8 Å². The van der Waals surface area contributed by atoms with Crippen molar-refractivity contribution in [2.24, 2.45) is 11.8 Å². The number of hydrogen-bond donors (Lipinski definition) is 3. The van der Waals surface area contributed by atoms with Gasteiger partial charge in [0.2, 0.25) is 12.5 Å². The van der Waals surface area contributed by atoms with Gasteiger partial charge in [0.05, 0.1) is 40.1 Å². The zero-order valence-electron chi connectivity index (χ0n) is 29.8. The highest BCUT2D eigenvalue weighted by Crippen LogP contribution is 2.58. The number of carbonyl (C=O) groups is 1. The summed E-state index contributed by atoms with van der Waals surface area (Å²) in [5, 5.41) is 33.7. The Kier molecular flexibility index (Phi) is 9.84. The van der Waals surface area contributed by atoms with Crippen molar-refractivity contribution in [3.8, 4) is 28.7 Å². The number of benzene rings is 2. The second kappa shape index (κ2) is 14.3. The summed E-state index contributed by atoms with van der Waals surface area (Å²) >= 11 is 0. The summed E-state index contributed by atoms with van der Waals surface area (Å²) in [6, 6.07) is 7.02. The summed E-state index contributed by atoms with van der Waals surface area (Å²) in [7, 11) is 2.85. The fraction of sp³-hybridized carbons (Fsp3) is 0.639. The largest absolute Gasteiger partial charge is 0.514 e. The van der Waals surface area contributed by atoms with E-state index in [9.17, 15) is 20.1 Å². The monoisotopic (exact) mass is 748 g/mol. The molecular weight excluding hydrogens is 704 g/mol. The average molecular weight is 749 g/mol. The van der Waals surface area contributed by atoms with Crippen molar-refractivity contribution < 1.29 is 81.7 Å². The molecule has 12 unspecified atom stereocenters. The molecule has 6 aliphatic rings. The van der Waals surface area contributed by atoms with E-state index in [1.54, 1.807) is 39.0 Å². The van der Waals surface area contributed by atoms with Crippen LogP contribution in [0.2, 0.25) is 0 Å². The maximum absolute atomic E-state index is 12.9. The number of hydrogen-bond acceptors (Lipinski definition) is 17. The van der Waals surface area contributed by atoms with Crippen LogP contribution in [0.1, 0.15) is 49.5 Å². The van der Waals surface area contributed by atoms with Gasteiger partial charge in [-0.15, -0.1) is 0 Å². The van der Waals surface area contributed by atoms with Crippen LogP contribution in [-0.4, -0.2) is 124 Å². The van der Waals surface area contributed by atoms with Gasteiger partial charge in [0, 0.05) is 17.8 Å². The van der Waals surface area contributed by atoms with Crippen LogP contribution in [0.3, 0.4) is 0 Å². The Balaban J connectivity index is 1.12. The van der Waals surface area contributed by atoms with Crippen LogP contribution < -0.4 is 23.7 Å². The lowest BCUT2D eigenvalue weighted by atomic mass is 9.65. The zero-order chi connectivity index (χ0) is 37.2. The van der Waals surface area contributed by atoms with Crippen molar-refractivity contribution in [3.05, 3.63) is 41.0 Å². The van der Waals surface area contributed by atoms with Crippen molar-refractivity contribution in [1.29, 1.82) is 0 Å². The minimum atomic E-state index is -1.46. The topological polar surface area (TPSA) is 198 Å². The quantitative estimate of drug-likeness (QED) is 0.262. The Labute approximate surface area is 304 Å². The molecule has 12 atom stereocenters. The number of aliphatic hydroxyl groups excluding tert-OH is 3. The molecular formula is C36H44O17. The molecule has 5 aliphatic heterocycles. The van der Waals surface area contributed by atoms with E-state index in [1.807, 2.05) is 6.07 Å². The molecule has 4 fully saturated rings. The Hall–Kier alpha value is -3.49. The molecule has 8 rings (SSSR count). The molecule has 3 N–H and O–H groups in total. The molecule has 0 aromatic heterocycles. The highest BCUT2D eigenvalue weighted by molar-refractivity contribution is 5.69. The summed E-state index contributed by atoms with van der Waals surface area (Å²) in [5.41, 5.74) is 2.00. The fourth-order valence-corrected chi connectivity index (χ4v) is 8.10. The van der Waals surface area contributed by atoms with Crippen LogP contribution in [0.4, 0.5) is 4.79 Å². The van der Waals surface area contributed by atoms with Gasteiger partial charge in [-0.1, -0.05) is 0 Å². The van der Waals surface area contributed by atoms with E-state index >= 15 is 0 Å². The molecule has 53 heavy (non-hydrogen) atoms. The molecule has 290 valence electrons. The second-order valence-corrected chi connectivity index (χ2v) is 14.2. The molecule has 0 radical (unpaired) electrons. The second-order valence-electron chi connectivity index (χ2n) is 14.2. The molecule has 2 aromatic rings. The van der Waals surface area contributed by atoms with Crippen molar-refractivity contribution in [3.63, 3.8) is 0 Å². The molecule has 4 saturated heterocycles. The maximum Gasteiger partial charge on any atom is 0.514 e.